The minimum absolute atomic E-state index is 0.176. The molecule has 6 heteroatoms. The molecular weight excluding hydrogens is 278 g/mol. The second-order valence-corrected chi connectivity index (χ2v) is 5.04. The molecule has 0 unspecified atom stereocenters. The number of carbonyl (C=O) groups excluding carboxylic acids is 1. The molecule has 0 bridgehead atoms. The average Bonchev–Trinajstić information content (AvgIpc) is 3.05. The van der Waals surface area contributed by atoms with E-state index in [0.717, 1.165) is 16.8 Å². The number of nitrogens with zero attached hydrogens (tertiary/aromatic N) is 4. The average molecular weight is 293 g/mol. The smallest absolute Gasteiger partial charge is 0.255 e. The van der Waals surface area contributed by atoms with Crippen molar-refractivity contribution in [2.24, 2.45) is 0 Å². The van der Waals surface area contributed by atoms with Crippen LogP contribution in [-0.2, 0) is 0 Å². The van der Waals surface area contributed by atoms with Gasteiger partial charge < -0.3 is 5.32 Å². The number of hydrogen-bond donors (Lipinski definition) is 1. The third kappa shape index (κ3) is 2.85. The first-order valence-electron chi connectivity index (χ1n) is 6.83. The van der Waals surface area contributed by atoms with E-state index in [-0.39, 0.29) is 5.91 Å². The van der Waals surface area contributed by atoms with E-state index in [1.807, 2.05) is 32.0 Å². The molecule has 0 saturated carbocycles. The highest BCUT2D eigenvalue weighted by atomic mass is 16.1. The van der Waals surface area contributed by atoms with Crippen LogP contribution in [0.2, 0.25) is 0 Å². The molecule has 0 radical (unpaired) electrons. The molecule has 1 amide bonds. The molecule has 0 atom stereocenters. The van der Waals surface area contributed by atoms with Crippen LogP contribution >= 0.6 is 0 Å². The Morgan fingerprint density at radius 2 is 1.86 bits per heavy atom. The topological polar surface area (TPSA) is 72.7 Å². The zero-order chi connectivity index (χ0) is 15.5. The van der Waals surface area contributed by atoms with Crippen LogP contribution in [0.4, 0.5) is 5.69 Å². The molecule has 0 fully saturated rings. The molecule has 0 aliphatic rings. The molecule has 3 aromatic rings. The molecule has 22 heavy (non-hydrogen) atoms. The van der Waals surface area contributed by atoms with Gasteiger partial charge in [0.05, 0.1) is 0 Å². The van der Waals surface area contributed by atoms with Crippen molar-refractivity contribution in [2.45, 2.75) is 13.8 Å². The maximum atomic E-state index is 12.4. The Morgan fingerprint density at radius 1 is 1.09 bits per heavy atom. The fourth-order valence-corrected chi connectivity index (χ4v) is 2.08. The molecular formula is C16H15N5O. The van der Waals surface area contributed by atoms with Crippen LogP contribution in [0.25, 0.3) is 5.82 Å². The van der Waals surface area contributed by atoms with Gasteiger partial charge in [-0.15, -0.1) is 10.2 Å². The maximum absolute atomic E-state index is 12.4. The van der Waals surface area contributed by atoms with E-state index < -0.39 is 0 Å². The normalized spacial score (nSPS) is 10.5. The molecule has 1 N–H and O–H groups in total. The number of carbonyl (C=O) groups is 1. The molecule has 6 nitrogen and oxygen atoms in total. The molecule has 110 valence electrons. The van der Waals surface area contributed by atoms with E-state index in [2.05, 4.69) is 20.5 Å². The molecule has 3 rings (SSSR count). The summed E-state index contributed by atoms with van der Waals surface area (Å²) in [7, 11) is 0. The number of pyridine rings is 1. The molecule has 1 aromatic carbocycles. The highest BCUT2D eigenvalue weighted by Crippen LogP contribution is 2.17. The molecule has 0 aliphatic heterocycles. The maximum Gasteiger partial charge on any atom is 0.255 e. The van der Waals surface area contributed by atoms with Gasteiger partial charge in [-0.1, -0.05) is 12.1 Å². The van der Waals surface area contributed by atoms with Gasteiger partial charge in [0.25, 0.3) is 5.91 Å². The zero-order valence-corrected chi connectivity index (χ0v) is 12.3. The largest absolute Gasteiger partial charge is 0.322 e. The van der Waals surface area contributed by atoms with Crippen LogP contribution in [0.5, 0.6) is 0 Å². The first-order valence-corrected chi connectivity index (χ1v) is 6.83. The Bertz CT molecular complexity index is 811. The second-order valence-electron chi connectivity index (χ2n) is 5.04. The van der Waals surface area contributed by atoms with Gasteiger partial charge in [-0.05, 0) is 43.2 Å². The Balaban J connectivity index is 1.86. The molecule has 2 aromatic heterocycles. The minimum atomic E-state index is -0.176. The van der Waals surface area contributed by atoms with E-state index in [1.165, 1.54) is 12.7 Å². The summed E-state index contributed by atoms with van der Waals surface area (Å²) in [5, 5.41) is 10.4. The van der Waals surface area contributed by atoms with Gasteiger partial charge in [-0.3, -0.25) is 9.36 Å². The van der Waals surface area contributed by atoms with Crippen LogP contribution in [0.3, 0.4) is 0 Å². The molecule has 0 spiro atoms. The quantitative estimate of drug-likeness (QED) is 0.805. The van der Waals surface area contributed by atoms with Crippen molar-refractivity contribution in [3.63, 3.8) is 0 Å². The van der Waals surface area contributed by atoms with Crippen molar-refractivity contribution in [3.8, 4) is 5.82 Å². The van der Waals surface area contributed by atoms with Gasteiger partial charge in [-0.2, -0.15) is 0 Å². The lowest BCUT2D eigenvalue weighted by Gasteiger charge is -2.10. The highest BCUT2D eigenvalue weighted by Gasteiger charge is 2.10. The van der Waals surface area contributed by atoms with Crippen molar-refractivity contribution < 1.29 is 4.79 Å². The Labute approximate surface area is 127 Å². The SMILES string of the molecule is Cc1ccc(C)c(NC(=O)c2ccnc(-n3cnnc3)c2)c1. The van der Waals surface area contributed by atoms with Crippen LogP contribution in [0.15, 0.2) is 49.2 Å². The van der Waals surface area contributed by atoms with Gasteiger partial charge in [0.2, 0.25) is 0 Å². The Hall–Kier alpha value is -3.02. The number of hydrogen-bond acceptors (Lipinski definition) is 4. The monoisotopic (exact) mass is 293 g/mol. The number of rotatable bonds is 3. The number of benzene rings is 1. The first-order chi connectivity index (χ1) is 10.6. The fourth-order valence-electron chi connectivity index (χ4n) is 2.08. The van der Waals surface area contributed by atoms with Crippen molar-refractivity contribution in [3.05, 3.63) is 65.9 Å². The summed E-state index contributed by atoms with van der Waals surface area (Å²) in [4.78, 5) is 16.6. The van der Waals surface area contributed by atoms with Crippen molar-refractivity contribution in [1.82, 2.24) is 19.7 Å². The number of aromatic nitrogens is 4. The third-order valence-electron chi connectivity index (χ3n) is 3.33. The summed E-state index contributed by atoms with van der Waals surface area (Å²) >= 11 is 0. The van der Waals surface area contributed by atoms with Crippen molar-refractivity contribution in [1.29, 1.82) is 0 Å². The van der Waals surface area contributed by atoms with E-state index in [9.17, 15) is 4.79 Å². The van der Waals surface area contributed by atoms with Crippen LogP contribution in [0.1, 0.15) is 21.5 Å². The van der Waals surface area contributed by atoms with E-state index >= 15 is 0 Å². The number of anilines is 1. The number of amides is 1. The van der Waals surface area contributed by atoms with Crippen molar-refractivity contribution in [2.75, 3.05) is 5.32 Å². The zero-order valence-electron chi connectivity index (χ0n) is 12.3. The van der Waals surface area contributed by atoms with Crippen LogP contribution in [0, 0.1) is 13.8 Å². The summed E-state index contributed by atoms with van der Waals surface area (Å²) in [5.74, 6) is 0.420. The first kappa shape index (κ1) is 13.9. The third-order valence-corrected chi connectivity index (χ3v) is 3.33. The fraction of sp³-hybridized carbons (Fsp3) is 0.125. The predicted octanol–water partition coefficient (Wildman–Crippen LogP) is 2.53. The van der Waals surface area contributed by atoms with Gasteiger partial charge in [0, 0.05) is 17.4 Å². The Kier molecular flexibility index (Phi) is 3.65. The summed E-state index contributed by atoms with van der Waals surface area (Å²) in [6.07, 6.45) is 4.66. The molecule has 0 aliphatic carbocycles. The van der Waals surface area contributed by atoms with E-state index in [1.54, 1.807) is 22.9 Å². The van der Waals surface area contributed by atoms with Gasteiger partial charge in [0.15, 0.2) is 0 Å². The number of nitrogens with one attached hydrogen (secondary N) is 1. The lowest BCUT2D eigenvalue weighted by molar-refractivity contribution is 0.102. The molecule has 0 saturated heterocycles. The number of aryl methyl sites for hydroxylation is 2. The Morgan fingerprint density at radius 3 is 2.64 bits per heavy atom. The highest BCUT2D eigenvalue weighted by molar-refractivity contribution is 6.04. The summed E-state index contributed by atoms with van der Waals surface area (Å²) in [6, 6.07) is 9.33. The second kappa shape index (κ2) is 5.77. The lowest BCUT2D eigenvalue weighted by atomic mass is 10.1. The van der Waals surface area contributed by atoms with Gasteiger partial charge in [0.1, 0.15) is 18.5 Å². The summed E-state index contributed by atoms with van der Waals surface area (Å²) < 4.78 is 1.65. The van der Waals surface area contributed by atoms with Gasteiger partial charge in [-0.25, -0.2) is 4.98 Å². The summed E-state index contributed by atoms with van der Waals surface area (Å²) in [5.41, 5.74) is 3.46. The standard InChI is InChI=1S/C16H15N5O/c1-11-3-4-12(2)14(7-11)20-16(22)13-5-6-17-15(8-13)21-9-18-19-10-21/h3-10H,1-2H3,(H,20,22). The van der Waals surface area contributed by atoms with Crippen LogP contribution < -0.4 is 5.32 Å². The van der Waals surface area contributed by atoms with Gasteiger partial charge >= 0.3 is 0 Å². The van der Waals surface area contributed by atoms with E-state index in [0.29, 0.717) is 11.4 Å². The van der Waals surface area contributed by atoms with E-state index in [4.69, 9.17) is 0 Å². The minimum Gasteiger partial charge on any atom is -0.322 e. The van der Waals surface area contributed by atoms with Crippen LogP contribution in [-0.4, -0.2) is 25.7 Å². The predicted molar refractivity (Wildman–Crippen MR) is 83.0 cm³/mol. The lowest BCUT2D eigenvalue weighted by Crippen LogP contribution is -2.13. The summed E-state index contributed by atoms with van der Waals surface area (Å²) in [6.45, 7) is 3.95. The van der Waals surface area contributed by atoms with Crippen molar-refractivity contribution >= 4 is 11.6 Å². The molecule has 2 heterocycles.